The molecule has 1 N–H and O–H groups in total. The number of benzene rings is 3. The van der Waals surface area contributed by atoms with E-state index in [2.05, 4.69) is 5.32 Å². The molecule has 33 heavy (non-hydrogen) atoms. The van der Waals surface area contributed by atoms with E-state index in [0.29, 0.717) is 24.1 Å². The molecule has 0 fully saturated rings. The van der Waals surface area contributed by atoms with Gasteiger partial charge in [-0.1, -0.05) is 42.5 Å². The summed E-state index contributed by atoms with van der Waals surface area (Å²) in [5, 5.41) is 4.49. The molecule has 0 unspecified atom stereocenters. The van der Waals surface area contributed by atoms with E-state index < -0.39 is 11.9 Å². The number of nitrogens with one attached hydrogen (secondary N) is 1. The van der Waals surface area contributed by atoms with Crippen molar-refractivity contribution in [3.63, 3.8) is 0 Å². The molecule has 3 aromatic carbocycles. The normalized spacial score (nSPS) is 13.3. The fourth-order valence-corrected chi connectivity index (χ4v) is 4.33. The van der Waals surface area contributed by atoms with Crippen molar-refractivity contribution in [2.45, 2.75) is 32.4 Å². The number of nitrogens with zero attached hydrogens (tertiary/aromatic N) is 2. The largest absolute Gasteiger partial charge is 0.357 e. The Morgan fingerprint density at radius 2 is 1.79 bits per heavy atom. The van der Waals surface area contributed by atoms with Crippen molar-refractivity contribution in [1.29, 1.82) is 0 Å². The van der Waals surface area contributed by atoms with E-state index >= 15 is 0 Å². The van der Waals surface area contributed by atoms with Gasteiger partial charge in [-0.05, 0) is 36.9 Å². The molecule has 1 aliphatic heterocycles. The zero-order chi connectivity index (χ0) is 23.5. The number of likely N-dealkylation sites (N-methyl/N-ethyl adjacent to an activating group) is 1. The topological polar surface area (TPSA) is 69.7 Å². The van der Waals surface area contributed by atoms with Crippen LogP contribution in [0, 0.1) is 5.82 Å². The molecule has 3 amide bonds. The molecular weight excluding hydrogens is 421 g/mol. The van der Waals surface area contributed by atoms with Gasteiger partial charge in [-0.25, -0.2) is 4.39 Å². The Hall–Kier alpha value is -3.74. The van der Waals surface area contributed by atoms with Gasteiger partial charge in [-0.15, -0.1) is 0 Å². The molecule has 0 saturated carbocycles. The van der Waals surface area contributed by atoms with Gasteiger partial charge in [0.05, 0.1) is 5.69 Å². The van der Waals surface area contributed by atoms with E-state index in [1.54, 1.807) is 30.0 Å². The molecule has 0 radical (unpaired) electrons. The van der Waals surface area contributed by atoms with Gasteiger partial charge in [0.25, 0.3) is 5.91 Å². The molecule has 1 heterocycles. The molecule has 0 saturated heterocycles. The summed E-state index contributed by atoms with van der Waals surface area (Å²) in [6.07, 6.45) is 0.551. The molecule has 4 rings (SSSR count). The third-order valence-corrected chi connectivity index (χ3v) is 6.13. The molecule has 0 aromatic heterocycles. The Morgan fingerprint density at radius 1 is 1.06 bits per heavy atom. The van der Waals surface area contributed by atoms with E-state index in [1.807, 2.05) is 36.4 Å². The summed E-state index contributed by atoms with van der Waals surface area (Å²) in [4.78, 5) is 41.4. The average Bonchev–Trinajstić information content (AvgIpc) is 3.10. The minimum atomic E-state index is -0.756. The maximum Gasteiger partial charge on any atom is 0.258 e. The lowest BCUT2D eigenvalue weighted by atomic mass is 10.1. The third-order valence-electron chi connectivity index (χ3n) is 6.13. The molecule has 1 aliphatic rings. The van der Waals surface area contributed by atoms with Gasteiger partial charge >= 0.3 is 0 Å². The van der Waals surface area contributed by atoms with Crippen LogP contribution < -0.4 is 10.2 Å². The molecule has 0 aliphatic carbocycles. The van der Waals surface area contributed by atoms with E-state index in [-0.39, 0.29) is 30.7 Å². The molecule has 0 bridgehead atoms. The first-order valence-corrected chi connectivity index (χ1v) is 11.0. The van der Waals surface area contributed by atoms with Crippen LogP contribution in [0.15, 0.2) is 60.7 Å². The summed E-state index contributed by atoms with van der Waals surface area (Å²) in [6, 6.07) is 16.9. The predicted octanol–water partition coefficient (Wildman–Crippen LogP) is 3.88. The van der Waals surface area contributed by atoms with Gasteiger partial charge in [0, 0.05) is 43.1 Å². The van der Waals surface area contributed by atoms with Crippen molar-refractivity contribution in [1.82, 2.24) is 10.2 Å². The van der Waals surface area contributed by atoms with Gasteiger partial charge in [0.1, 0.15) is 11.9 Å². The zero-order valence-electron chi connectivity index (χ0n) is 18.7. The molecule has 0 spiro atoms. The highest BCUT2D eigenvalue weighted by Crippen LogP contribution is 2.37. The van der Waals surface area contributed by atoms with Crippen LogP contribution in [0.5, 0.6) is 0 Å². The van der Waals surface area contributed by atoms with Crippen molar-refractivity contribution < 1.29 is 18.8 Å². The number of amides is 3. The smallest absolute Gasteiger partial charge is 0.258 e. The number of hydrogen-bond donors (Lipinski definition) is 1. The van der Waals surface area contributed by atoms with Gasteiger partial charge in [-0.3, -0.25) is 14.4 Å². The zero-order valence-corrected chi connectivity index (χ0v) is 18.7. The van der Waals surface area contributed by atoms with Crippen LogP contribution in [0.3, 0.4) is 0 Å². The lowest BCUT2D eigenvalue weighted by Gasteiger charge is -2.29. The number of rotatable bonds is 8. The van der Waals surface area contributed by atoms with Crippen molar-refractivity contribution in [3.8, 4) is 0 Å². The second-order valence-electron chi connectivity index (χ2n) is 8.14. The minimum Gasteiger partial charge on any atom is -0.357 e. The second-order valence-corrected chi connectivity index (χ2v) is 8.14. The number of anilines is 1. The summed E-state index contributed by atoms with van der Waals surface area (Å²) in [5.41, 5.74) is 1.87. The highest BCUT2D eigenvalue weighted by atomic mass is 19.1. The number of hydrogen-bond acceptors (Lipinski definition) is 3. The first-order valence-electron chi connectivity index (χ1n) is 11.0. The van der Waals surface area contributed by atoms with E-state index in [9.17, 15) is 18.8 Å². The van der Waals surface area contributed by atoms with E-state index in [4.69, 9.17) is 0 Å². The van der Waals surface area contributed by atoms with Gasteiger partial charge in [0.15, 0.2) is 0 Å². The predicted molar refractivity (Wildman–Crippen MR) is 125 cm³/mol. The quantitative estimate of drug-likeness (QED) is 0.570. The maximum absolute atomic E-state index is 14.2. The Kier molecular flexibility index (Phi) is 6.40. The summed E-state index contributed by atoms with van der Waals surface area (Å²) >= 11 is 0. The van der Waals surface area contributed by atoms with Crippen molar-refractivity contribution in [2.75, 3.05) is 18.5 Å². The van der Waals surface area contributed by atoms with Gasteiger partial charge < -0.3 is 15.1 Å². The SMILES string of the molecule is CNC(=O)[C@@H](C)N(Cc1ccccc1F)C(=O)CCCN1C(=O)c2cccc3cccc1c23. The van der Waals surface area contributed by atoms with Crippen LogP contribution in [0.4, 0.5) is 10.1 Å². The van der Waals surface area contributed by atoms with Crippen LogP contribution in [0.2, 0.25) is 0 Å². The molecule has 7 heteroatoms. The first kappa shape index (κ1) is 22.5. The average molecular weight is 448 g/mol. The number of carbonyl (C=O) groups is 3. The van der Waals surface area contributed by atoms with Crippen LogP contribution in [-0.2, 0) is 16.1 Å². The minimum absolute atomic E-state index is 0.00646. The fourth-order valence-electron chi connectivity index (χ4n) is 4.33. The Bertz CT molecular complexity index is 1220. The van der Waals surface area contributed by atoms with Crippen molar-refractivity contribution in [2.24, 2.45) is 0 Å². The molecular formula is C26H26FN3O3. The monoisotopic (exact) mass is 447 g/mol. The van der Waals surface area contributed by atoms with Crippen LogP contribution in [0.25, 0.3) is 10.8 Å². The first-order chi connectivity index (χ1) is 15.9. The van der Waals surface area contributed by atoms with Crippen LogP contribution in [-0.4, -0.2) is 42.3 Å². The molecule has 1 atom stereocenters. The summed E-state index contributed by atoms with van der Waals surface area (Å²) in [5.74, 6) is -1.09. The Labute approximate surface area is 192 Å². The highest BCUT2D eigenvalue weighted by molar-refractivity contribution is 6.25. The number of halogens is 1. The third kappa shape index (κ3) is 4.31. The second kappa shape index (κ2) is 9.40. The van der Waals surface area contributed by atoms with Crippen LogP contribution >= 0.6 is 0 Å². The lowest BCUT2D eigenvalue weighted by molar-refractivity contribution is -0.140. The van der Waals surface area contributed by atoms with Crippen molar-refractivity contribution in [3.05, 3.63) is 77.6 Å². The van der Waals surface area contributed by atoms with Gasteiger partial charge in [0.2, 0.25) is 11.8 Å². The fraction of sp³-hybridized carbons (Fsp3) is 0.269. The van der Waals surface area contributed by atoms with Gasteiger partial charge in [-0.2, -0.15) is 0 Å². The summed E-state index contributed by atoms with van der Waals surface area (Å²) < 4.78 is 14.2. The standard InChI is InChI=1S/C26H26FN3O3/c1-17(25(32)28-2)30(16-19-8-3-4-12-21(19)27)23(31)14-7-15-29-22-13-6-10-18-9-5-11-20(24(18)22)26(29)33/h3-6,8-13,17H,7,14-16H2,1-2H3,(H,28,32)/t17-/m1/s1. The molecule has 3 aromatic rings. The van der Waals surface area contributed by atoms with Crippen molar-refractivity contribution >= 4 is 34.2 Å². The van der Waals surface area contributed by atoms with E-state index in [0.717, 1.165) is 16.5 Å². The highest BCUT2D eigenvalue weighted by Gasteiger charge is 2.30. The molecule has 6 nitrogen and oxygen atoms in total. The summed E-state index contributed by atoms with van der Waals surface area (Å²) in [6.45, 7) is 1.99. The lowest BCUT2D eigenvalue weighted by Crippen LogP contribution is -2.47. The Morgan fingerprint density at radius 3 is 2.52 bits per heavy atom. The number of carbonyl (C=O) groups excluding carboxylic acids is 3. The Balaban J connectivity index is 1.47. The molecule has 170 valence electrons. The van der Waals surface area contributed by atoms with Crippen LogP contribution in [0.1, 0.15) is 35.7 Å². The van der Waals surface area contributed by atoms with E-state index in [1.165, 1.54) is 18.0 Å². The summed E-state index contributed by atoms with van der Waals surface area (Å²) in [7, 11) is 1.50. The maximum atomic E-state index is 14.2.